The van der Waals surface area contributed by atoms with E-state index in [-0.39, 0.29) is 36.7 Å². The van der Waals surface area contributed by atoms with Crippen molar-refractivity contribution in [3.8, 4) is 0 Å². The molecule has 3 atom stereocenters. The lowest BCUT2D eigenvalue weighted by molar-refractivity contribution is -0.0827. The van der Waals surface area contributed by atoms with E-state index in [1.54, 1.807) is 0 Å². The van der Waals surface area contributed by atoms with E-state index in [1.807, 2.05) is 45.9 Å². The minimum Gasteiger partial charge on any atom is -0.465 e. The maximum absolute atomic E-state index is 11.6. The fourth-order valence-corrected chi connectivity index (χ4v) is 3.09. The van der Waals surface area contributed by atoms with Gasteiger partial charge >= 0.3 is 6.09 Å². The lowest BCUT2D eigenvalue weighted by Gasteiger charge is -2.34. The van der Waals surface area contributed by atoms with Crippen LogP contribution in [0.4, 0.5) is 4.79 Å². The molecule has 1 heterocycles. The number of aliphatic hydroxyl groups is 1. The van der Waals surface area contributed by atoms with Crippen molar-refractivity contribution < 1.29 is 19.7 Å². The number of aryl methyl sites for hydroxylation is 1. The highest BCUT2D eigenvalue weighted by molar-refractivity contribution is 6.31. The van der Waals surface area contributed by atoms with Gasteiger partial charge in [-0.05, 0) is 29.5 Å². The van der Waals surface area contributed by atoms with E-state index in [2.05, 4.69) is 0 Å². The third-order valence-corrected chi connectivity index (χ3v) is 4.99. The molecule has 0 aliphatic carbocycles. The summed E-state index contributed by atoms with van der Waals surface area (Å²) < 4.78 is 6.33. The molecular weight excluding hydrogens is 330 g/mol. The number of aliphatic hydroxyl groups excluding tert-OH is 1. The van der Waals surface area contributed by atoms with Gasteiger partial charge in [0, 0.05) is 17.5 Å². The largest absolute Gasteiger partial charge is 0.465 e. The Balaban J connectivity index is 2.42. The van der Waals surface area contributed by atoms with Crippen LogP contribution in [0.1, 0.15) is 38.0 Å². The molecule has 1 aromatic carbocycles. The summed E-state index contributed by atoms with van der Waals surface area (Å²) in [6.07, 6.45) is -1.63. The molecular formula is C18H26ClNO4. The normalized spacial score (nSPS) is 25.4. The zero-order chi connectivity index (χ0) is 18.1. The molecule has 1 unspecified atom stereocenters. The van der Waals surface area contributed by atoms with Crippen molar-refractivity contribution in [2.75, 3.05) is 19.7 Å². The van der Waals surface area contributed by atoms with E-state index >= 15 is 0 Å². The number of benzene rings is 1. The molecule has 1 aliphatic heterocycles. The number of carbonyl (C=O) groups is 1. The van der Waals surface area contributed by atoms with Crippen LogP contribution in [0.3, 0.4) is 0 Å². The molecule has 5 nitrogen and oxygen atoms in total. The van der Waals surface area contributed by atoms with Gasteiger partial charge in [-0.15, -0.1) is 0 Å². The summed E-state index contributed by atoms with van der Waals surface area (Å²) in [7, 11) is 0. The standard InChI is InChI=1S/C18H26ClNO4/c1-11-7-12(5-6-14(11)19)16-13(10-21)8-20(17(22)23)9-15(24-16)18(2,3)4/h5-7,13,15-16,21H,8-10H2,1-4H3,(H,22,23)/t13-,15?,16-/m1/s1. The molecule has 2 N–H and O–H groups in total. The Kier molecular flexibility index (Phi) is 5.78. The van der Waals surface area contributed by atoms with Crippen molar-refractivity contribution >= 4 is 17.7 Å². The molecule has 1 amide bonds. The molecule has 134 valence electrons. The van der Waals surface area contributed by atoms with Crippen LogP contribution < -0.4 is 0 Å². The molecule has 1 aromatic rings. The van der Waals surface area contributed by atoms with E-state index < -0.39 is 6.09 Å². The fourth-order valence-electron chi connectivity index (χ4n) is 2.97. The summed E-state index contributed by atoms with van der Waals surface area (Å²) in [5, 5.41) is 20.0. The van der Waals surface area contributed by atoms with Gasteiger partial charge < -0.3 is 19.8 Å². The third kappa shape index (κ3) is 4.21. The van der Waals surface area contributed by atoms with Crippen LogP contribution in [0.2, 0.25) is 5.02 Å². The van der Waals surface area contributed by atoms with Crippen LogP contribution >= 0.6 is 11.6 Å². The average molecular weight is 356 g/mol. The second kappa shape index (κ2) is 7.30. The zero-order valence-corrected chi connectivity index (χ0v) is 15.4. The van der Waals surface area contributed by atoms with Crippen molar-refractivity contribution in [3.63, 3.8) is 0 Å². The molecule has 0 radical (unpaired) electrons. The number of halogens is 1. The fraction of sp³-hybridized carbons (Fsp3) is 0.611. The van der Waals surface area contributed by atoms with Crippen molar-refractivity contribution in [1.29, 1.82) is 0 Å². The van der Waals surface area contributed by atoms with E-state index in [0.29, 0.717) is 11.6 Å². The number of hydrogen-bond acceptors (Lipinski definition) is 3. The Morgan fingerprint density at radius 1 is 1.38 bits per heavy atom. The first kappa shape index (κ1) is 19.0. The quantitative estimate of drug-likeness (QED) is 0.848. The highest BCUT2D eigenvalue weighted by atomic mass is 35.5. The van der Waals surface area contributed by atoms with Gasteiger partial charge in [-0.2, -0.15) is 0 Å². The lowest BCUT2D eigenvalue weighted by Crippen LogP contribution is -2.42. The van der Waals surface area contributed by atoms with Gasteiger partial charge in [-0.1, -0.05) is 44.5 Å². The molecule has 2 rings (SSSR count). The first-order valence-corrected chi connectivity index (χ1v) is 8.51. The Labute approximate surface area is 148 Å². The highest BCUT2D eigenvalue weighted by Gasteiger charge is 2.39. The van der Waals surface area contributed by atoms with Gasteiger partial charge in [0.2, 0.25) is 0 Å². The predicted molar refractivity (Wildman–Crippen MR) is 93.4 cm³/mol. The van der Waals surface area contributed by atoms with Gasteiger partial charge in [0.15, 0.2) is 0 Å². The second-order valence-corrected chi connectivity index (χ2v) is 7.96. The SMILES string of the molecule is Cc1cc([C@H]2OC(C(C)(C)C)CN(C(=O)O)C[C@@H]2CO)ccc1Cl. The van der Waals surface area contributed by atoms with Crippen molar-refractivity contribution in [3.05, 3.63) is 34.3 Å². The first-order valence-electron chi connectivity index (χ1n) is 8.13. The Bertz CT molecular complexity index is 599. The maximum atomic E-state index is 11.6. The number of hydrogen-bond donors (Lipinski definition) is 2. The summed E-state index contributed by atoms with van der Waals surface area (Å²) in [6, 6.07) is 5.65. The molecule has 1 aliphatic rings. The smallest absolute Gasteiger partial charge is 0.407 e. The molecule has 0 aromatic heterocycles. The molecule has 0 saturated carbocycles. The predicted octanol–water partition coefficient (Wildman–Crippen LogP) is 3.72. The molecule has 0 bridgehead atoms. The average Bonchev–Trinajstić information content (AvgIpc) is 2.69. The Morgan fingerprint density at radius 2 is 2.04 bits per heavy atom. The van der Waals surface area contributed by atoms with E-state index in [0.717, 1.165) is 11.1 Å². The Morgan fingerprint density at radius 3 is 2.54 bits per heavy atom. The lowest BCUT2D eigenvalue weighted by atomic mass is 9.88. The van der Waals surface area contributed by atoms with Gasteiger partial charge in [-0.25, -0.2) is 4.79 Å². The van der Waals surface area contributed by atoms with Crippen molar-refractivity contribution in [2.24, 2.45) is 11.3 Å². The molecule has 6 heteroatoms. The van der Waals surface area contributed by atoms with E-state index in [4.69, 9.17) is 16.3 Å². The van der Waals surface area contributed by atoms with Crippen molar-refractivity contribution in [1.82, 2.24) is 4.90 Å². The summed E-state index contributed by atoms with van der Waals surface area (Å²) in [5.74, 6) is -0.325. The second-order valence-electron chi connectivity index (χ2n) is 7.55. The summed E-state index contributed by atoms with van der Waals surface area (Å²) in [4.78, 5) is 12.9. The van der Waals surface area contributed by atoms with Gasteiger partial charge in [0.1, 0.15) is 0 Å². The van der Waals surface area contributed by atoms with Crippen LogP contribution in [0, 0.1) is 18.3 Å². The summed E-state index contributed by atoms with van der Waals surface area (Å²) in [5.41, 5.74) is 1.62. The van der Waals surface area contributed by atoms with Crippen LogP contribution in [0.5, 0.6) is 0 Å². The number of amides is 1. The Hall–Kier alpha value is -1.30. The van der Waals surface area contributed by atoms with E-state index in [9.17, 15) is 15.0 Å². The maximum Gasteiger partial charge on any atom is 0.407 e. The number of ether oxygens (including phenoxy) is 1. The van der Waals surface area contributed by atoms with Gasteiger partial charge in [0.25, 0.3) is 0 Å². The zero-order valence-electron chi connectivity index (χ0n) is 14.6. The van der Waals surface area contributed by atoms with Crippen LogP contribution in [0.15, 0.2) is 18.2 Å². The third-order valence-electron chi connectivity index (χ3n) is 4.56. The number of carboxylic acid groups (broad SMARTS) is 1. The van der Waals surface area contributed by atoms with Gasteiger partial charge in [-0.3, -0.25) is 0 Å². The molecule has 1 saturated heterocycles. The van der Waals surface area contributed by atoms with Crippen LogP contribution in [-0.4, -0.2) is 47.0 Å². The van der Waals surface area contributed by atoms with Crippen molar-refractivity contribution in [2.45, 2.75) is 39.9 Å². The minimum atomic E-state index is -0.987. The minimum absolute atomic E-state index is 0.146. The van der Waals surface area contributed by atoms with Crippen LogP contribution in [-0.2, 0) is 4.74 Å². The summed E-state index contributed by atoms with van der Waals surface area (Å²) >= 11 is 6.11. The molecule has 1 fully saturated rings. The highest BCUT2D eigenvalue weighted by Crippen LogP contribution is 2.37. The van der Waals surface area contributed by atoms with E-state index in [1.165, 1.54) is 4.90 Å². The van der Waals surface area contributed by atoms with Crippen LogP contribution in [0.25, 0.3) is 0 Å². The number of nitrogens with zero attached hydrogens (tertiary/aromatic N) is 1. The first-order chi connectivity index (χ1) is 11.1. The summed E-state index contributed by atoms with van der Waals surface area (Å²) in [6.45, 7) is 8.39. The monoisotopic (exact) mass is 355 g/mol. The molecule has 24 heavy (non-hydrogen) atoms. The molecule has 0 spiro atoms. The van der Waals surface area contributed by atoms with Gasteiger partial charge in [0.05, 0.1) is 25.4 Å². The topological polar surface area (TPSA) is 70.0 Å². The number of rotatable bonds is 2.